The van der Waals surface area contributed by atoms with Crippen LogP contribution in [0, 0.1) is 0 Å². The zero-order valence-corrected chi connectivity index (χ0v) is 17.2. The number of hydrogen-bond acceptors (Lipinski definition) is 8. The van der Waals surface area contributed by atoms with Crippen molar-refractivity contribution >= 4 is 40.9 Å². The Hall–Kier alpha value is -2.86. The Labute approximate surface area is 179 Å². The van der Waals surface area contributed by atoms with E-state index < -0.39 is 24.1 Å². The zero-order chi connectivity index (χ0) is 22.0. The molecule has 13 heteroatoms. The fourth-order valence-electron chi connectivity index (χ4n) is 2.56. The van der Waals surface area contributed by atoms with Crippen LogP contribution in [0.3, 0.4) is 0 Å². The molecule has 4 N–H and O–H groups in total. The maximum Gasteiger partial charge on any atom is 0.427 e. The second kappa shape index (κ2) is 8.88. The van der Waals surface area contributed by atoms with Crippen molar-refractivity contribution in [3.63, 3.8) is 0 Å². The van der Waals surface area contributed by atoms with E-state index in [0.29, 0.717) is 5.56 Å². The van der Waals surface area contributed by atoms with Crippen molar-refractivity contribution in [1.29, 1.82) is 0 Å². The third-order valence-electron chi connectivity index (χ3n) is 4.14. The number of carbonyl (C=O) groups excluding carboxylic acids is 2. The van der Waals surface area contributed by atoms with Gasteiger partial charge in [-0.05, 0) is 12.1 Å². The standard InChI is InChI=1S/C17H17Cl2N5O6/c1-7(6-25)9-5-12(22-24(2)16(9)27)29-13-10(18)3-8(4-11(13)19)20-15(26)14-21-17(28)30-23-14/h3-5,7,14,23,25H,6H2,1-2H3,(H,20,26)(H,21,28). The molecule has 2 heterocycles. The predicted molar refractivity (Wildman–Crippen MR) is 107 cm³/mol. The van der Waals surface area contributed by atoms with E-state index in [1.54, 1.807) is 6.92 Å². The number of rotatable bonds is 6. The van der Waals surface area contributed by atoms with Crippen LogP contribution in [0.2, 0.25) is 10.0 Å². The number of halogens is 2. The summed E-state index contributed by atoms with van der Waals surface area (Å²) < 4.78 is 6.75. The maximum atomic E-state index is 12.2. The summed E-state index contributed by atoms with van der Waals surface area (Å²) in [6.45, 7) is 1.46. The molecule has 1 aliphatic rings. The van der Waals surface area contributed by atoms with Crippen LogP contribution in [0.25, 0.3) is 0 Å². The predicted octanol–water partition coefficient (Wildman–Crippen LogP) is 1.48. The zero-order valence-electron chi connectivity index (χ0n) is 15.7. The highest BCUT2D eigenvalue weighted by atomic mass is 35.5. The molecule has 1 aromatic carbocycles. The molecule has 0 spiro atoms. The molecule has 2 unspecified atom stereocenters. The van der Waals surface area contributed by atoms with Crippen LogP contribution in [0.15, 0.2) is 23.0 Å². The lowest BCUT2D eigenvalue weighted by molar-refractivity contribution is -0.119. The first-order valence-electron chi connectivity index (χ1n) is 8.59. The maximum absolute atomic E-state index is 12.2. The van der Waals surface area contributed by atoms with Gasteiger partial charge in [0, 0.05) is 36.9 Å². The molecule has 1 aromatic heterocycles. The summed E-state index contributed by atoms with van der Waals surface area (Å²) in [5, 5.41) is 18.2. The van der Waals surface area contributed by atoms with Crippen molar-refractivity contribution < 1.29 is 24.3 Å². The molecule has 0 saturated carbocycles. The van der Waals surface area contributed by atoms with Crippen LogP contribution in [-0.2, 0) is 16.7 Å². The van der Waals surface area contributed by atoms with Gasteiger partial charge < -0.3 is 20.0 Å². The van der Waals surface area contributed by atoms with Gasteiger partial charge >= 0.3 is 6.09 Å². The second-order valence-electron chi connectivity index (χ2n) is 6.40. The summed E-state index contributed by atoms with van der Waals surface area (Å²) in [5.41, 5.74) is 2.40. The smallest absolute Gasteiger partial charge is 0.427 e. The Morgan fingerprint density at radius 2 is 2.03 bits per heavy atom. The average Bonchev–Trinajstić information content (AvgIpc) is 3.13. The van der Waals surface area contributed by atoms with Crippen LogP contribution >= 0.6 is 23.2 Å². The molecular formula is C17H17Cl2N5O6. The van der Waals surface area contributed by atoms with Crippen LogP contribution in [0.1, 0.15) is 18.4 Å². The normalized spacial score (nSPS) is 16.6. The third-order valence-corrected chi connectivity index (χ3v) is 4.70. The first-order chi connectivity index (χ1) is 14.2. The van der Waals surface area contributed by atoms with E-state index in [0.717, 1.165) is 4.68 Å². The molecule has 2 aromatic rings. The molecule has 30 heavy (non-hydrogen) atoms. The van der Waals surface area contributed by atoms with E-state index in [1.165, 1.54) is 25.2 Å². The number of aliphatic hydroxyl groups is 1. The Kier molecular flexibility index (Phi) is 6.46. The highest BCUT2D eigenvalue weighted by Crippen LogP contribution is 2.38. The minimum Gasteiger partial charge on any atom is -0.434 e. The van der Waals surface area contributed by atoms with Crippen LogP contribution in [0.5, 0.6) is 11.6 Å². The summed E-state index contributed by atoms with van der Waals surface area (Å²) >= 11 is 12.5. The van der Waals surface area contributed by atoms with Gasteiger partial charge in [0.25, 0.3) is 11.5 Å². The number of nitrogens with zero attached hydrogens (tertiary/aromatic N) is 2. The summed E-state index contributed by atoms with van der Waals surface area (Å²) in [7, 11) is 1.45. The van der Waals surface area contributed by atoms with Crippen molar-refractivity contribution in [3.05, 3.63) is 44.2 Å². The van der Waals surface area contributed by atoms with E-state index in [-0.39, 0.29) is 39.5 Å². The van der Waals surface area contributed by atoms with Gasteiger partial charge in [0.05, 0.1) is 10.0 Å². The van der Waals surface area contributed by atoms with Crippen molar-refractivity contribution in [3.8, 4) is 11.6 Å². The summed E-state index contributed by atoms with van der Waals surface area (Å²) in [6.07, 6.45) is -1.86. The Morgan fingerprint density at radius 1 is 1.37 bits per heavy atom. The summed E-state index contributed by atoms with van der Waals surface area (Å²) in [4.78, 5) is 39.7. The minimum absolute atomic E-state index is 0.0444. The van der Waals surface area contributed by atoms with Gasteiger partial charge in [0.2, 0.25) is 5.88 Å². The Balaban J connectivity index is 1.83. The van der Waals surface area contributed by atoms with Crippen LogP contribution < -0.4 is 26.4 Å². The number of benzene rings is 1. The number of anilines is 1. The van der Waals surface area contributed by atoms with Gasteiger partial charge in [-0.1, -0.05) is 30.1 Å². The molecule has 0 bridgehead atoms. The van der Waals surface area contributed by atoms with Crippen LogP contribution in [0.4, 0.5) is 10.5 Å². The number of aryl methyl sites for hydroxylation is 1. The lowest BCUT2D eigenvalue weighted by atomic mass is 10.1. The number of aromatic nitrogens is 2. The van der Waals surface area contributed by atoms with Crippen molar-refractivity contribution in [1.82, 2.24) is 20.6 Å². The van der Waals surface area contributed by atoms with Crippen molar-refractivity contribution in [2.75, 3.05) is 11.9 Å². The van der Waals surface area contributed by atoms with Gasteiger partial charge in [-0.3, -0.25) is 14.9 Å². The fourth-order valence-corrected chi connectivity index (χ4v) is 3.13. The van der Waals surface area contributed by atoms with Crippen LogP contribution in [-0.4, -0.2) is 39.7 Å². The number of nitrogens with one attached hydrogen (secondary N) is 3. The first kappa shape index (κ1) is 21.8. The Morgan fingerprint density at radius 3 is 2.60 bits per heavy atom. The van der Waals surface area contributed by atoms with E-state index >= 15 is 0 Å². The molecule has 1 fully saturated rings. The molecule has 1 aliphatic heterocycles. The van der Waals surface area contributed by atoms with Gasteiger partial charge in [-0.25, -0.2) is 9.48 Å². The quantitative estimate of drug-likeness (QED) is 0.510. The fraction of sp³-hybridized carbons (Fsp3) is 0.294. The number of amides is 2. The lowest BCUT2D eigenvalue weighted by Crippen LogP contribution is -2.43. The highest BCUT2D eigenvalue weighted by Gasteiger charge is 2.29. The summed E-state index contributed by atoms with van der Waals surface area (Å²) in [5.74, 6) is -0.932. The molecule has 0 radical (unpaired) electrons. The van der Waals surface area contributed by atoms with Crippen molar-refractivity contribution in [2.45, 2.75) is 19.0 Å². The molecule has 3 rings (SSSR count). The monoisotopic (exact) mass is 457 g/mol. The number of aliphatic hydroxyl groups excluding tert-OH is 1. The third kappa shape index (κ3) is 4.65. The molecular weight excluding hydrogens is 441 g/mol. The highest BCUT2D eigenvalue weighted by molar-refractivity contribution is 6.37. The lowest BCUT2D eigenvalue weighted by Gasteiger charge is -2.15. The van der Waals surface area contributed by atoms with E-state index in [9.17, 15) is 19.5 Å². The SMILES string of the molecule is CC(CO)c1cc(Oc2c(Cl)cc(NC(=O)C3NOC(=O)N3)cc2Cl)nn(C)c1=O. The number of hydroxylamine groups is 1. The number of carbonyl (C=O) groups is 2. The van der Waals surface area contributed by atoms with Crippen molar-refractivity contribution in [2.24, 2.45) is 7.05 Å². The number of hydrogen-bond donors (Lipinski definition) is 4. The van der Waals surface area contributed by atoms with E-state index in [2.05, 4.69) is 26.0 Å². The van der Waals surface area contributed by atoms with Gasteiger partial charge in [-0.2, -0.15) is 0 Å². The van der Waals surface area contributed by atoms with Gasteiger partial charge in [-0.15, -0.1) is 10.6 Å². The van der Waals surface area contributed by atoms with Gasteiger partial charge in [0.1, 0.15) is 0 Å². The topological polar surface area (TPSA) is 144 Å². The van der Waals surface area contributed by atoms with E-state index in [1.807, 2.05) is 0 Å². The average molecular weight is 458 g/mol. The number of ether oxygens (including phenoxy) is 1. The second-order valence-corrected chi connectivity index (χ2v) is 7.21. The molecule has 160 valence electrons. The first-order valence-corrected chi connectivity index (χ1v) is 9.35. The molecule has 2 atom stereocenters. The Bertz CT molecular complexity index is 1040. The summed E-state index contributed by atoms with van der Waals surface area (Å²) in [6, 6.07) is 4.18. The molecule has 0 aliphatic carbocycles. The minimum atomic E-state index is -1.08. The molecule has 2 amide bonds. The largest absolute Gasteiger partial charge is 0.434 e. The van der Waals surface area contributed by atoms with E-state index in [4.69, 9.17) is 27.9 Å². The molecule has 1 saturated heterocycles. The molecule has 11 nitrogen and oxygen atoms in total. The van der Waals surface area contributed by atoms with Gasteiger partial charge in [0.15, 0.2) is 11.9 Å².